The van der Waals surface area contributed by atoms with Crippen molar-refractivity contribution in [2.75, 3.05) is 26.2 Å². The Balaban J connectivity index is 0.000000226. The number of hydrogen-bond donors (Lipinski definition) is 1. The smallest absolute Gasteiger partial charge is 0.410 e. The average molecular weight is 571 g/mol. The Hall–Kier alpha value is -3.79. The van der Waals surface area contributed by atoms with Crippen LogP contribution in [0.3, 0.4) is 0 Å². The molecule has 0 aromatic heterocycles. The number of aliphatic hydroxyl groups excluding tert-OH is 1. The maximum Gasteiger partial charge on any atom is 0.410 e. The van der Waals surface area contributed by atoms with Crippen molar-refractivity contribution in [3.8, 4) is 11.5 Å². The summed E-state index contributed by atoms with van der Waals surface area (Å²) in [5.41, 5.74) is 0.471. The number of amides is 2. The highest BCUT2D eigenvalue weighted by molar-refractivity contribution is 5.94. The molecule has 1 N–H and O–H groups in total. The lowest BCUT2D eigenvalue weighted by molar-refractivity contribution is -0.0225. The summed E-state index contributed by atoms with van der Waals surface area (Å²) in [4.78, 5) is 38.1. The number of ether oxygens (including phenoxy) is 4. The van der Waals surface area contributed by atoms with E-state index in [4.69, 9.17) is 24.1 Å². The molecule has 4 rings (SSSR count). The first-order valence-corrected chi connectivity index (χ1v) is 13.7. The molecule has 41 heavy (non-hydrogen) atoms. The molecule has 2 saturated heterocycles. The van der Waals surface area contributed by atoms with Crippen molar-refractivity contribution in [1.82, 2.24) is 9.80 Å². The van der Waals surface area contributed by atoms with Crippen LogP contribution in [0, 0.1) is 0 Å². The van der Waals surface area contributed by atoms with Gasteiger partial charge in [0.2, 0.25) is 0 Å². The van der Waals surface area contributed by atoms with Crippen LogP contribution in [-0.2, 0) is 16.1 Å². The van der Waals surface area contributed by atoms with Crippen LogP contribution < -0.4 is 9.47 Å². The van der Waals surface area contributed by atoms with E-state index >= 15 is 0 Å². The Morgan fingerprint density at radius 1 is 0.756 bits per heavy atom. The third-order valence-corrected chi connectivity index (χ3v) is 5.93. The van der Waals surface area contributed by atoms with E-state index < -0.39 is 11.2 Å². The molecule has 2 aliphatic rings. The first-order valence-electron chi connectivity index (χ1n) is 13.7. The van der Waals surface area contributed by atoms with Gasteiger partial charge in [-0.25, -0.2) is 9.59 Å². The SMILES string of the molecule is CC(=O)c1cccc(OC2CN(C(=O)OC(C)(C)C)C2)c1.CC(C)(C)OC(=O)N1CC(Oc2cccc(CO)c2)C1. The second kappa shape index (κ2) is 13.2. The molecule has 224 valence electrons. The summed E-state index contributed by atoms with van der Waals surface area (Å²) in [7, 11) is 0. The monoisotopic (exact) mass is 570 g/mol. The second-order valence-corrected chi connectivity index (χ2v) is 12.1. The van der Waals surface area contributed by atoms with E-state index in [9.17, 15) is 14.4 Å². The van der Waals surface area contributed by atoms with Crippen molar-refractivity contribution in [1.29, 1.82) is 0 Å². The minimum atomic E-state index is -0.487. The average Bonchev–Trinajstić information content (AvgIpc) is 2.81. The predicted molar refractivity (Wildman–Crippen MR) is 153 cm³/mol. The Kier molecular flexibility index (Phi) is 10.3. The van der Waals surface area contributed by atoms with Crippen LogP contribution >= 0.6 is 0 Å². The first kappa shape index (κ1) is 31.7. The summed E-state index contributed by atoms with van der Waals surface area (Å²) in [5.74, 6) is 1.37. The van der Waals surface area contributed by atoms with Crippen molar-refractivity contribution in [3.63, 3.8) is 0 Å². The van der Waals surface area contributed by atoms with Crippen LogP contribution in [0.15, 0.2) is 48.5 Å². The second-order valence-electron chi connectivity index (χ2n) is 12.1. The summed E-state index contributed by atoms with van der Waals surface area (Å²) in [6, 6.07) is 14.4. The summed E-state index contributed by atoms with van der Waals surface area (Å²) >= 11 is 0. The highest BCUT2D eigenvalue weighted by Crippen LogP contribution is 2.23. The number of nitrogens with zero attached hydrogens (tertiary/aromatic N) is 2. The van der Waals surface area contributed by atoms with Gasteiger partial charge in [-0.1, -0.05) is 24.3 Å². The number of carbonyl (C=O) groups is 3. The van der Waals surface area contributed by atoms with Crippen molar-refractivity contribution >= 4 is 18.0 Å². The number of ketones is 1. The topological polar surface area (TPSA) is 115 Å². The fraction of sp³-hybridized carbons (Fsp3) is 0.516. The van der Waals surface area contributed by atoms with E-state index in [1.54, 1.807) is 34.1 Å². The first-order chi connectivity index (χ1) is 19.1. The lowest BCUT2D eigenvalue weighted by atomic mass is 10.1. The molecule has 0 spiro atoms. The molecule has 2 fully saturated rings. The van der Waals surface area contributed by atoms with E-state index in [-0.39, 0.29) is 36.8 Å². The molecule has 2 aromatic rings. The minimum absolute atomic E-state index is 0.00411. The van der Waals surface area contributed by atoms with Gasteiger partial charge in [-0.15, -0.1) is 0 Å². The number of carbonyl (C=O) groups excluding carboxylic acids is 3. The Bertz CT molecular complexity index is 1210. The van der Waals surface area contributed by atoms with Gasteiger partial charge in [0.15, 0.2) is 5.78 Å². The van der Waals surface area contributed by atoms with Gasteiger partial charge in [0.05, 0.1) is 32.8 Å². The van der Waals surface area contributed by atoms with Crippen molar-refractivity contribution in [2.24, 2.45) is 0 Å². The molecule has 2 amide bonds. The van der Waals surface area contributed by atoms with Crippen LogP contribution in [0.25, 0.3) is 0 Å². The zero-order valence-corrected chi connectivity index (χ0v) is 25.0. The van der Waals surface area contributed by atoms with Crippen molar-refractivity contribution in [2.45, 2.75) is 78.5 Å². The lowest BCUT2D eigenvalue weighted by Crippen LogP contribution is -2.57. The lowest BCUT2D eigenvalue weighted by Gasteiger charge is -2.39. The van der Waals surface area contributed by atoms with Crippen LogP contribution in [0.1, 0.15) is 64.4 Å². The quantitative estimate of drug-likeness (QED) is 0.479. The number of Topliss-reactive ketones (excluding diaryl/α,β-unsaturated/α-hetero) is 1. The Morgan fingerprint density at radius 3 is 1.61 bits per heavy atom. The van der Waals surface area contributed by atoms with Gasteiger partial charge in [-0.2, -0.15) is 0 Å². The molecular weight excluding hydrogens is 528 g/mol. The molecule has 0 aliphatic carbocycles. The highest BCUT2D eigenvalue weighted by Gasteiger charge is 2.36. The fourth-order valence-corrected chi connectivity index (χ4v) is 3.87. The molecule has 10 heteroatoms. The van der Waals surface area contributed by atoms with Crippen LogP contribution in [-0.4, -0.2) is 82.5 Å². The van der Waals surface area contributed by atoms with Gasteiger partial charge in [0.25, 0.3) is 0 Å². The van der Waals surface area contributed by atoms with Crippen LogP contribution in [0.2, 0.25) is 0 Å². The van der Waals surface area contributed by atoms with Gasteiger partial charge >= 0.3 is 12.2 Å². The van der Waals surface area contributed by atoms with E-state index in [1.165, 1.54) is 6.92 Å². The number of likely N-dealkylation sites (tertiary alicyclic amines) is 2. The molecule has 10 nitrogen and oxygen atoms in total. The molecule has 2 heterocycles. The zero-order chi connectivity index (χ0) is 30.4. The van der Waals surface area contributed by atoms with E-state index in [0.29, 0.717) is 43.2 Å². The number of benzene rings is 2. The van der Waals surface area contributed by atoms with Gasteiger partial charge in [0.1, 0.15) is 34.9 Å². The molecule has 0 unspecified atom stereocenters. The van der Waals surface area contributed by atoms with Gasteiger partial charge in [-0.05, 0) is 78.3 Å². The minimum Gasteiger partial charge on any atom is -0.487 e. The van der Waals surface area contributed by atoms with Crippen molar-refractivity contribution < 1.29 is 38.4 Å². The van der Waals surface area contributed by atoms with Gasteiger partial charge < -0.3 is 33.9 Å². The summed E-state index contributed by atoms with van der Waals surface area (Å²) in [5, 5.41) is 9.07. The zero-order valence-electron chi connectivity index (χ0n) is 25.0. The number of rotatable bonds is 6. The van der Waals surface area contributed by atoms with E-state index in [1.807, 2.05) is 65.8 Å². The number of aliphatic hydroxyl groups is 1. The largest absolute Gasteiger partial charge is 0.487 e. The summed E-state index contributed by atoms with van der Waals surface area (Å²) in [6.07, 6.45) is -0.697. The Labute approximate surface area is 242 Å². The molecule has 0 saturated carbocycles. The van der Waals surface area contributed by atoms with E-state index in [0.717, 1.165) is 5.56 Å². The molecule has 0 bridgehead atoms. The Morgan fingerprint density at radius 2 is 1.20 bits per heavy atom. The van der Waals surface area contributed by atoms with Gasteiger partial charge in [-0.3, -0.25) is 4.79 Å². The van der Waals surface area contributed by atoms with Crippen molar-refractivity contribution in [3.05, 3.63) is 59.7 Å². The standard InChI is InChI=1S/C16H21NO4.C15H21NO4/c1-11(18)12-6-5-7-13(8-12)20-14-9-17(10-14)15(19)21-16(2,3)4;1-15(2,3)20-14(18)16-8-13(9-16)19-12-6-4-5-11(7-12)10-17/h5-8,14H,9-10H2,1-4H3;4-7,13,17H,8-10H2,1-3H3. The highest BCUT2D eigenvalue weighted by atomic mass is 16.6. The van der Waals surface area contributed by atoms with Crippen LogP contribution in [0.4, 0.5) is 9.59 Å². The molecule has 2 aromatic carbocycles. The maximum atomic E-state index is 11.8. The molecule has 0 radical (unpaired) electrons. The van der Waals surface area contributed by atoms with Crippen LogP contribution in [0.5, 0.6) is 11.5 Å². The molecular formula is C31H42N2O8. The summed E-state index contributed by atoms with van der Waals surface area (Å²) in [6.45, 7) is 14.6. The molecule has 2 aliphatic heterocycles. The number of hydrogen-bond acceptors (Lipinski definition) is 8. The fourth-order valence-electron chi connectivity index (χ4n) is 3.87. The summed E-state index contributed by atoms with van der Waals surface area (Å²) < 4.78 is 22.0. The van der Waals surface area contributed by atoms with Gasteiger partial charge in [0, 0.05) is 5.56 Å². The third kappa shape index (κ3) is 10.3. The maximum absolute atomic E-state index is 11.8. The third-order valence-electron chi connectivity index (χ3n) is 5.93. The molecule has 0 atom stereocenters. The predicted octanol–water partition coefficient (Wildman–Crippen LogP) is 5.06. The normalized spacial score (nSPS) is 15.5. The van der Waals surface area contributed by atoms with E-state index in [2.05, 4.69) is 0 Å².